The first-order chi connectivity index (χ1) is 9.83. The average Bonchev–Trinajstić information content (AvgIpc) is 2.88. The van der Waals surface area contributed by atoms with Gasteiger partial charge in [0.15, 0.2) is 0 Å². The van der Waals surface area contributed by atoms with Crippen molar-refractivity contribution in [2.24, 2.45) is 5.73 Å². The Balaban J connectivity index is 1.49. The van der Waals surface area contributed by atoms with Crippen LogP contribution in [0.2, 0.25) is 0 Å². The highest BCUT2D eigenvalue weighted by molar-refractivity contribution is 7.99. The number of thioether (sulfide) groups is 1. The first kappa shape index (κ1) is 12.5. The highest BCUT2D eigenvalue weighted by atomic mass is 32.2. The molecule has 0 aromatic heterocycles. The molecule has 0 amide bonds. The Kier molecular flexibility index (Phi) is 3.08. The maximum atomic E-state index is 6.55. The van der Waals surface area contributed by atoms with Crippen molar-refractivity contribution in [2.75, 3.05) is 5.75 Å². The van der Waals surface area contributed by atoms with Crippen molar-refractivity contribution < 1.29 is 0 Å². The van der Waals surface area contributed by atoms with Crippen LogP contribution in [0.15, 0.2) is 53.4 Å². The lowest BCUT2D eigenvalue weighted by Crippen LogP contribution is -2.33. The summed E-state index contributed by atoms with van der Waals surface area (Å²) in [6.45, 7) is 0. The summed E-state index contributed by atoms with van der Waals surface area (Å²) in [4.78, 5) is 1.43. The predicted octanol–water partition coefficient (Wildman–Crippen LogP) is 3.93. The molecule has 0 spiro atoms. The molecule has 0 saturated carbocycles. The van der Waals surface area contributed by atoms with Crippen LogP contribution < -0.4 is 5.73 Å². The summed E-state index contributed by atoms with van der Waals surface area (Å²) in [5.74, 6) is 2.36. The van der Waals surface area contributed by atoms with Crippen molar-refractivity contribution in [3.05, 3.63) is 65.2 Å². The molecular weight excluding hydrogens is 262 g/mol. The van der Waals surface area contributed by atoms with Gasteiger partial charge in [0.2, 0.25) is 0 Å². The molecule has 102 valence electrons. The van der Waals surface area contributed by atoms with Crippen LogP contribution >= 0.6 is 11.8 Å². The summed E-state index contributed by atoms with van der Waals surface area (Å²) < 4.78 is 0. The SMILES string of the molecule is NC(CC1Cc2ccccc21)C1CSc2ccccc21. The van der Waals surface area contributed by atoms with Gasteiger partial charge in [0, 0.05) is 22.6 Å². The maximum absolute atomic E-state index is 6.55. The van der Waals surface area contributed by atoms with E-state index in [1.54, 1.807) is 0 Å². The second-order valence-corrected chi connectivity index (χ2v) is 7.02. The van der Waals surface area contributed by atoms with Gasteiger partial charge in [-0.05, 0) is 41.5 Å². The fourth-order valence-electron chi connectivity index (χ4n) is 3.61. The topological polar surface area (TPSA) is 26.0 Å². The predicted molar refractivity (Wildman–Crippen MR) is 85.4 cm³/mol. The lowest BCUT2D eigenvalue weighted by molar-refractivity contribution is 0.449. The van der Waals surface area contributed by atoms with Crippen LogP contribution in [-0.4, -0.2) is 11.8 Å². The van der Waals surface area contributed by atoms with Crippen molar-refractivity contribution in [3.63, 3.8) is 0 Å². The first-order valence-electron chi connectivity index (χ1n) is 7.38. The molecule has 0 saturated heterocycles. The highest BCUT2D eigenvalue weighted by Crippen LogP contribution is 2.44. The number of hydrogen-bond acceptors (Lipinski definition) is 2. The zero-order valence-corrected chi connectivity index (χ0v) is 12.3. The molecule has 3 unspecified atom stereocenters. The molecular formula is C18H19NS. The Hall–Kier alpha value is -1.25. The minimum absolute atomic E-state index is 0.282. The number of nitrogens with two attached hydrogens (primary N) is 1. The average molecular weight is 281 g/mol. The van der Waals surface area contributed by atoms with E-state index in [2.05, 4.69) is 48.5 Å². The summed E-state index contributed by atoms with van der Waals surface area (Å²) in [6, 6.07) is 17.8. The highest BCUT2D eigenvalue weighted by Gasteiger charge is 2.33. The normalized spacial score (nSPS) is 24.6. The van der Waals surface area contributed by atoms with Gasteiger partial charge < -0.3 is 5.73 Å². The molecule has 3 atom stereocenters. The fraction of sp³-hybridized carbons (Fsp3) is 0.333. The van der Waals surface area contributed by atoms with Crippen LogP contribution in [0.3, 0.4) is 0 Å². The number of benzene rings is 2. The molecule has 1 aliphatic heterocycles. The van der Waals surface area contributed by atoms with E-state index in [1.807, 2.05) is 11.8 Å². The van der Waals surface area contributed by atoms with Crippen LogP contribution in [0, 0.1) is 0 Å². The molecule has 0 bridgehead atoms. The van der Waals surface area contributed by atoms with Gasteiger partial charge in [0.05, 0.1) is 0 Å². The van der Waals surface area contributed by atoms with Gasteiger partial charge in [-0.15, -0.1) is 11.8 Å². The molecule has 1 nitrogen and oxygen atoms in total. The first-order valence-corrected chi connectivity index (χ1v) is 8.36. The molecule has 2 heteroatoms. The Morgan fingerprint density at radius 1 is 1.05 bits per heavy atom. The summed E-state index contributed by atoms with van der Waals surface area (Å²) in [6.07, 6.45) is 2.34. The van der Waals surface area contributed by atoms with Gasteiger partial charge in [-0.25, -0.2) is 0 Å². The fourth-order valence-corrected chi connectivity index (χ4v) is 4.95. The molecule has 1 aliphatic carbocycles. The van der Waals surface area contributed by atoms with Crippen LogP contribution in [0.5, 0.6) is 0 Å². The summed E-state index contributed by atoms with van der Waals surface area (Å²) in [5, 5.41) is 0. The van der Waals surface area contributed by atoms with E-state index in [0.717, 1.165) is 12.2 Å². The molecule has 2 aromatic rings. The molecule has 0 fully saturated rings. The standard InChI is InChI=1S/C18H19NS/c19-17(10-13-9-12-5-1-2-6-14(12)13)16-11-20-18-8-4-3-7-15(16)18/h1-8,13,16-17H,9-11,19H2. The van der Waals surface area contributed by atoms with Gasteiger partial charge in [-0.3, -0.25) is 0 Å². The van der Waals surface area contributed by atoms with E-state index >= 15 is 0 Å². The van der Waals surface area contributed by atoms with E-state index in [-0.39, 0.29) is 6.04 Å². The van der Waals surface area contributed by atoms with Crippen molar-refractivity contribution in [1.82, 2.24) is 0 Å². The largest absolute Gasteiger partial charge is 0.327 e. The van der Waals surface area contributed by atoms with Crippen molar-refractivity contribution in [1.29, 1.82) is 0 Å². The van der Waals surface area contributed by atoms with E-state index < -0.39 is 0 Å². The van der Waals surface area contributed by atoms with Gasteiger partial charge in [-0.1, -0.05) is 42.5 Å². The van der Waals surface area contributed by atoms with E-state index in [4.69, 9.17) is 5.73 Å². The Labute approximate surface area is 124 Å². The molecule has 2 aromatic carbocycles. The quantitative estimate of drug-likeness (QED) is 0.922. The van der Waals surface area contributed by atoms with E-state index in [0.29, 0.717) is 11.8 Å². The Bertz CT molecular complexity index is 637. The number of rotatable bonds is 3. The second kappa shape index (κ2) is 4.94. The molecule has 2 aliphatic rings. The minimum atomic E-state index is 0.282. The zero-order chi connectivity index (χ0) is 13.5. The van der Waals surface area contributed by atoms with Gasteiger partial charge in [0.1, 0.15) is 0 Å². The monoisotopic (exact) mass is 281 g/mol. The molecule has 0 radical (unpaired) electrons. The Morgan fingerprint density at radius 2 is 1.80 bits per heavy atom. The molecule has 1 heterocycles. The smallest absolute Gasteiger partial charge is 0.0122 e. The van der Waals surface area contributed by atoms with E-state index in [1.165, 1.54) is 28.0 Å². The lowest BCUT2D eigenvalue weighted by Gasteiger charge is -2.33. The third kappa shape index (κ3) is 1.99. The molecule has 20 heavy (non-hydrogen) atoms. The summed E-state index contributed by atoms with van der Waals surface area (Å²) in [7, 11) is 0. The zero-order valence-electron chi connectivity index (χ0n) is 11.5. The third-order valence-corrected chi connectivity index (χ3v) is 5.98. The van der Waals surface area contributed by atoms with Gasteiger partial charge >= 0.3 is 0 Å². The van der Waals surface area contributed by atoms with Crippen molar-refractivity contribution >= 4 is 11.8 Å². The van der Waals surface area contributed by atoms with Crippen LogP contribution in [0.25, 0.3) is 0 Å². The van der Waals surface area contributed by atoms with Crippen LogP contribution in [0.1, 0.15) is 34.9 Å². The Morgan fingerprint density at radius 3 is 2.65 bits per heavy atom. The third-order valence-electron chi connectivity index (χ3n) is 4.77. The molecule has 4 rings (SSSR count). The summed E-state index contributed by atoms with van der Waals surface area (Å²) >= 11 is 1.96. The minimum Gasteiger partial charge on any atom is -0.327 e. The summed E-state index contributed by atoms with van der Waals surface area (Å²) in [5.41, 5.74) is 11.1. The van der Waals surface area contributed by atoms with E-state index in [9.17, 15) is 0 Å². The number of fused-ring (bicyclic) bond motifs is 2. The van der Waals surface area contributed by atoms with Crippen molar-refractivity contribution in [2.45, 2.75) is 35.6 Å². The van der Waals surface area contributed by atoms with Gasteiger partial charge in [-0.2, -0.15) is 0 Å². The van der Waals surface area contributed by atoms with Crippen LogP contribution in [-0.2, 0) is 6.42 Å². The molecule has 2 N–H and O–H groups in total. The van der Waals surface area contributed by atoms with Gasteiger partial charge in [0.25, 0.3) is 0 Å². The number of hydrogen-bond donors (Lipinski definition) is 1. The van der Waals surface area contributed by atoms with Crippen LogP contribution in [0.4, 0.5) is 0 Å². The van der Waals surface area contributed by atoms with Crippen molar-refractivity contribution in [3.8, 4) is 0 Å². The maximum Gasteiger partial charge on any atom is 0.0122 e. The lowest BCUT2D eigenvalue weighted by atomic mass is 9.73. The second-order valence-electron chi connectivity index (χ2n) is 5.95.